The number of hydrogen-bond acceptors (Lipinski definition) is 4. The standard InChI is InChI=1S/C16H15NO3S/c1-9-7-8-21-14(9)13-12(16(19)20)10-5-3-4-6-11(10)15(18)17(13)2/h3-8,12-13H,1-2H3,(H,19,20)/p-1. The van der Waals surface area contributed by atoms with E-state index in [1.165, 1.54) is 16.2 Å². The summed E-state index contributed by atoms with van der Waals surface area (Å²) in [6.07, 6.45) is 0. The zero-order valence-corrected chi connectivity index (χ0v) is 12.5. The number of aliphatic carboxylic acids is 1. The Morgan fingerprint density at radius 3 is 2.62 bits per heavy atom. The number of carboxylic acids is 1. The minimum absolute atomic E-state index is 0.152. The van der Waals surface area contributed by atoms with Gasteiger partial charge in [-0.1, -0.05) is 18.2 Å². The summed E-state index contributed by atoms with van der Waals surface area (Å²) in [4.78, 5) is 26.7. The van der Waals surface area contributed by atoms with E-state index in [0.717, 1.165) is 10.4 Å². The maximum absolute atomic E-state index is 12.5. The van der Waals surface area contributed by atoms with E-state index in [1.54, 1.807) is 31.3 Å². The van der Waals surface area contributed by atoms with Crippen LogP contribution in [0, 0.1) is 6.92 Å². The molecule has 1 aliphatic heterocycles. The molecule has 0 saturated carbocycles. The lowest BCUT2D eigenvalue weighted by Crippen LogP contribution is -2.46. The van der Waals surface area contributed by atoms with Gasteiger partial charge in [0.1, 0.15) is 0 Å². The topological polar surface area (TPSA) is 60.4 Å². The fourth-order valence-corrected chi connectivity index (χ4v) is 4.05. The highest BCUT2D eigenvalue weighted by Gasteiger charge is 2.40. The molecule has 3 rings (SSSR count). The molecule has 2 heterocycles. The Kier molecular flexibility index (Phi) is 3.29. The molecule has 1 aromatic carbocycles. The third kappa shape index (κ3) is 2.05. The van der Waals surface area contributed by atoms with Crippen LogP contribution in [0.3, 0.4) is 0 Å². The molecule has 0 bridgehead atoms. The molecule has 108 valence electrons. The third-order valence-corrected chi connectivity index (χ3v) is 5.09. The second kappa shape index (κ2) is 5.00. The Labute approximate surface area is 126 Å². The minimum Gasteiger partial charge on any atom is -0.549 e. The van der Waals surface area contributed by atoms with Crippen molar-refractivity contribution in [1.82, 2.24) is 4.90 Å². The monoisotopic (exact) mass is 300 g/mol. The summed E-state index contributed by atoms with van der Waals surface area (Å²) in [6.45, 7) is 1.93. The Balaban J connectivity index is 2.23. The average molecular weight is 300 g/mol. The molecule has 0 spiro atoms. The summed E-state index contributed by atoms with van der Waals surface area (Å²) in [5, 5.41) is 13.7. The van der Waals surface area contributed by atoms with Gasteiger partial charge in [-0.15, -0.1) is 11.3 Å². The normalized spacial score (nSPS) is 21.2. The van der Waals surface area contributed by atoms with Gasteiger partial charge in [0.15, 0.2) is 0 Å². The molecule has 1 aromatic heterocycles. The maximum Gasteiger partial charge on any atom is 0.254 e. The van der Waals surface area contributed by atoms with Gasteiger partial charge in [-0.05, 0) is 35.6 Å². The molecule has 0 radical (unpaired) electrons. The van der Waals surface area contributed by atoms with Gasteiger partial charge in [0.25, 0.3) is 5.91 Å². The number of amides is 1. The summed E-state index contributed by atoms with van der Waals surface area (Å²) < 4.78 is 0. The maximum atomic E-state index is 12.5. The predicted octanol–water partition coefficient (Wildman–Crippen LogP) is 1.72. The smallest absolute Gasteiger partial charge is 0.254 e. The Hall–Kier alpha value is -2.14. The van der Waals surface area contributed by atoms with Crippen molar-refractivity contribution in [3.8, 4) is 0 Å². The largest absolute Gasteiger partial charge is 0.549 e. The second-order valence-corrected chi connectivity index (χ2v) is 6.16. The van der Waals surface area contributed by atoms with Crippen LogP contribution in [0.25, 0.3) is 0 Å². The lowest BCUT2D eigenvalue weighted by molar-refractivity contribution is -0.309. The highest BCUT2D eigenvalue weighted by atomic mass is 32.1. The molecule has 1 amide bonds. The summed E-state index contributed by atoms with van der Waals surface area (Å²) in [5.74, 6) is -2.15. The van der Waals surface area contributed by atoms with Crippen LogP contribution in [-0.2, 0) is 4.79 Å². The lowest BCUT2D eigenvalue weighted by Gasteiger charge is -2.40. The number of hydrogen-bond donors (Lipinski definition) is 0. The van der Waals surface area contributed by atoms with Gasteiger partial charge in [0.2, 0.25) is 0 Å². The summed E-state index contributed by atoms with van der Waals surface area (Å²) in [5.41, 5.74) is 1.98. The number of aryl methyl sites for hydroxylation is 1. The van der Waals surface area contributed by atoms with E-state index >= 15 is 0 Å². The first-order chi connectivity index (χ1) is 10.0. The first-order valence-electron chi connectivity index (χ1n) is 6.63. The van der Waals surface area contributed by atoms with Crippen molar-refractivity contribution in [2.75, 3.05) is 7.05 Å². The van der Waals surface area contributed by atoms with Crippen molar-refractivity contribution in [2.24, 2.45) is 0 Å². The predicted molar refractivity (Wildman–Crippen MR) is 78.1 cm³/mol. The molecule has 0 fully saturated rings. The number of carbonyl (C=O) groups excluding carboxylic acids is 2. The first-order valence-corrected chi connectivity index (χ1v) is 7.51. The minimum atomic E-state index is -1.15. The summed E-state index contributed by atoms with van der Waals surface area (Å²) >= 11 is 1.47. The average Bonchev–Trinajstić information content (AvgIpc) is 2.88. The Morgan fingerprint density at radius 1 is 1.29 bits per heavy atom. The van der Waals surface area contributed by atoms with E-state index in [-0.39, 0.29) is 5.91 Å². The van der Waals surface area contributed by atoms with Crippen LogP contribution in [0.15, 0.2) is 35.7 Å². The van der Waals surface area contributed by atoms with Crippen molar-refractivity contribution in [2.45, 2.75) is 18.9 Å². The van der Waals surface area contributed by atoms with Crippen molar-refractivity contribution in [1.29, 1.82) is 0 Å². The summed E-state index contributed by atoms with van der Waals surface area (Å²) in [6, 6.07) is 8.29. The van der Waals surface area contributed by atoms with Gasteiger partial charge in [-0.25, -0.2) is 0 Å². The first kappa shape index (κ1) is 13.8. The van der Waals surface area contributed by atoms with Crippen LogP contribution >= 0.6 is 11.3 Å². The zero-order valence-electron chi connectivity index (χ0n) is 11.7. The Morgan fingerprint density at radius 2 is 2.00 bits per heavy atom. The van der Waals surface area contributed by atoms with E-state index in [2.05, 4.69) is 0 Å². The molecular weight excluding hydrogens is 286 g/mol. The number of likely N-dealkylation sites (N-methyl/N-ethyl adjacent to an activating group) is 1. The molecule has 4 nitrogen and oxygen atoms in total. The van der Waals surface area contributed by atoms with Gasteiger partial charge in [0.05, 0.1) is 12.0 Å². The van der Waals surface area contributed by atoms with Gasteiger partial charge in [-0.3, -0.25) is 4.79 Å². The van der Waals surface area contributed by atoms with E-state index in [9.17, 15) is 14.7 Å². The molecule has 1 aliphatic rings. The number of nitrogens with zero attached hydrogens (tertiary/aromatic N) is 1. The third-order valence-electron chi connectivity index (χ3n) is 4.00. The number of carbonyl (C=O) groups is 2. The number of carboxylic acid groups (broad SMARTS) is 1. The van der Waals surface area contributed by atoms with Gasteiger partial charge in [0, 0.05) is 23.4 Å². The van der Waals surface area contributed by atoms with Gasteiger partial charge < -0.3 is 14.8 Å². The molecule has 2 atom stereocenters. The Bertz CT molecular complexity index is 722. The van der Waals surface area contributed by atoms with Crippen LogP contribution in [0.1, 0.15) is 38.3 Å². The van der Waals surface area contributed by atoms with E-state index in [4.69, 9.17) is 0 Å². The van der Waals surface area contributed by atoms with Crippen molar-refractivity contribution in [3.05, 3.63) is 57.3 Å². The molecule has 2 aromatic rings. The summed E-state index contributed by atoms with van der Waals surface area (Å²) in [7, 11) is 1.65. The van der Waals surface area contributed by atoms with E-state index in [1.807, 2.05) is 18.4 Å². The molecule has 0 aliphatic carbocycles. The molecule has 0 N–H and O–H groups in total. The van der Waals surface area contributed by atoms with Crippen LogP contribution in [0.5, 0.6) is 0 Å². The highest BCUT2D eigenvalue weighted by Crippen LogP contribution is 2.44. The van der Waals surface area contributed by atoms with Crippen molar-refractivity contribution in [3.63, 3.8) is 0 Å². The zero-order chi connectivity index (χ0) is 15.1. The molecule has 2 unspecified atom stereocenters. The van der Waals surface area contributed by atoms with E-state index in [0.29, 0.717) is 11.1 Å². The quantitative estimate of drug-likeness (QED) is 0.848. The molecule has 0 saturated heterocycles. The lowest BCUT2D eigenvalue weighted by atomic mass is 9.82. The van der Waals surface area contributed by atoms with Crippen LogP contribution in [-0.4, -0.2) is 23.8 Å². The second-order valence-electron chi connectivity index (χ2n) is 5.21. The fourth-order valence-electron chi connectivity index (χ4n) is 2.94. The number of thiophene rings is 1. The van der Waals surface area contributed by atoms with Crippen molar-refractivity contribution >= 4 is 23.2 Å². The number of rotatable bonds is 2. The van der Waals surface area contributed by atoms with E-state index < -0.39 is 17.9 Å². The fraction of sp³-hybridized carbons (Fsp3) is 0.250. The molecule has 21 heavy (non-hydrogen) atoms. The highest BCUT2D eigenvalue weighted by molar-refractivity contribution is 7.10. The van der Waals surface area contributed by atoms with Gasteiger partial charge >= 0.3 is 0 Å². The number of benzene rings is 1. The van der Waals surface area contributed by atoms with Crippen LogP contribution in [0.2, 0.25) is 0 Å². The molecular formula is C16H14NO3S-. The molecule has 5 heteroatoms. The van der Waals surface area contributed by atoms with Gasteiger partial charge in [-0.2, -0.15) is 0 Å². The SMILES string of the molecule is Cc1ccsc1C1C(C(=O)[O-])c2ccccc2C(=O)N1C. The van der Waals surface area contributed by atoms with Crippen LogP contribution < -0.4 is 5.11 Å². The number of fused-ring (bicyclic) bond motifs is 1. The van der Waals surface area contributed by atoms with Crippen LogP contribution in [0.4, 0.5) is 0 Å². The van der Waals surface area contributed by atoms with Crippen molar-refractivity contribution < 1.29 is 14.7 Å².